The van der Waals surface area contributed by atoms with Crippen LogP contribution in [0.2, 0.25) is 0 Å². The molecule has 6 heteroatoms. The van der Waals surface area contributed by atoms with Crippen LogP contribution >= 0.6 is 38.5 Å². The van der Waals surface area contributed by atoms with Gasteiger partial charge >= 0.3 is 0 Å². The number of hydrogen-bond acceptors (Lipinski definition) is 2. The van der Waals surface area contributed by atoms with Crippen molar-refractivity contribution in [3.8, 4) is 0 Å². The SMILES string of the molecule is NC(=O)Cc1ccc(NC(=O)c2cc(Br)ccc2I)cc1. The second-order valence-corrected chi connectivity index (χ2v) is 6.50. The number of rotatable bonds is 4. The minimum Gasteiger partial charge on any atom is -0.369 e. The first-order chi connectivity index (χ1) is 9.95. The maximum Gasteiger partial charge on any atom is 0.256 e. The number of nitrogens with one attached hydrogen (secondary N) is 1. The van der Waals surface area contributed by atoms with Gasteiger partial charge in [0.15, 0.2) is 0 Å². The largest absolute Gasteiger partial charge is 0.369 e. The Bertz CT molecular complexity index is 687. The van der Waals surface area contributed by atoms with Crippen molar-refractivity contribution in [1.29, 1.82) is 0 Å². The zero-order chi connectivity index (χ0) is 15.4. The molecule has 0 saturated carbocycles. The van der Waals surface area contributed by atoms with Crippen LogP contribution in [0.5, 0.6) is 0 Å². The number of anilines is 1. The lowest BCUT2D eigenvalue weighted by Crippen LogP contribution is -2.14. The summed E-state index contributed by atoms with van der Waals surface area (Å²) < 4.78 is 1.73. The molecule has 21 heavy (non-hydrogen) atoms. The van der Waals surface area contributed by atoms with E-state index in [1.54, 1.807) is 30.3 Å². The van der Waals surface area contributed by atoms with Crippen molar-refractivity contribution in [3.63, 3.8) is 0 Å². The van der Waals surface area contributed by atoms with E-state index in [1.807, 2.05) is 12.1 Å². The summed E-state index contributed by atoms with van der Waals surface area (Å²) in [6.07, 6.45) is 0.192. The summed E-state index contributed by atoms with van der Waals surface area (Å²) in [5.41, 5.74) is 7.23. The van der Waals surface area contributed by atoms with Crippen LogP contribution in [-0.4, -0.2) is 11.8 Å². The van der Waals surface area contributed by atoms with E-state index in [0.29, 0.717) is 11.3 Å². The molecule has 2 amide bonds. The Morgan fingerprint density at radius 2 is 1.81 bits per heavy atom. The third-order valence-corrected chi connectivity index (χ3v) is 4.20. The van der Waals surface area contributed by atoms with Gasteiger partial charge in [0.1, 0.15) is 0 Å². The molecule has 0 fully saturated rings. The maximum atomic E-state index is 12.2. The highest BCUT2D eigenvalue weighted by Crippen LogP contribution is 2.20. The lowest BCUT2D eigenvalue weighted by atomic mass is 10.1. The third kappa shape index (κ3) is 4.53. The molecule has 2 aromatic carbocycles. The second kappa shape index (κ2) is 7.04. The first-order valence-corrected chi connectivity index (χ1v) is 7.96. The quantitative estimate of drug-likeness (QED) is 0.689. The van der Waals surface area contributed by atoms with Gasteiger partial charge in [0.25, 0.3) is 5.91 Å². The summed E-state index contributed by atoms with van der Waals surface area (Å²) in [6.45, 7) is 0. The standard InChI is InChI=1S/C15H12BrIN2O2/c16-10-3-6-13(17)12(8-10)15(21)19-11-4-1-9(2-5-11)7-14(18)20/h1-6,8H,7H2,(H2,18,20)(H,19,21). The average molecular weight is 459 g/mol. The molecule has 0 heterocycles. The number of primary amides is 1. The minimum absolute atomic E-state index is 0.177. The molecule has 0 bridgehead atoms. The van der Waals surface area contributed by atoms with E-state index in [2.05, 4.69) is 43.8 Å². The number of nitrogens with two attached hydrogens (primary N) is 1. The van der Waals surface area contributed by atoms with Crippen molar-refractivity contribution in [2.45, 2.75) is 6.42 Å². The monoisotopic (exact) mass is 458 g/mol. The summed E-state index contributed by atoms with van der Waals surface area (Å²) in [6, 6.07) is 12.6. The van der Waals surface area contributed by atoms with Crippen LogP contribution in [0.25, 0.3) is 0 Å². The van der Waals surface area contributed by atoms with Crippen molar-refractivity contribution in [3.05, 3.63) is 61.6 Å². The molecule has 4 nitrogen and oxygen atoms in total. The number of hydrogen-bond donors (Lipinski definition) is 2. The van der Waals surface area contributed by atoms with Crippen LogP contribution in [0.4, 0.5) is 5.69 Å². The summed E-state index contributed by atoms with van der Waals surface area (Å²) in [7, 11) is 0. The molecule has 0 atom stereocenters. The van der Waals surface area contributed by atoms with Gasteiger partial charge in [0.2, 0.25) is 5.91 Å². The molecule has 0 unspecified atom stereocenters. The minimum atomic E-state index is -0.379. The molecule has 108 valence electrons. The molecule has 0 saturated heterocycles. The maximum absolute atomic E-state index is 12.2. The zero-order valence-electron chi connectivity index (χ0n) is 10.9. The molecule has 0 radical (unpaired) electrons. The van der Waals surface area contributed by atoms with E-state index in [9.17, 15) is 9.59 Å². The Morgan fingerprint density at radius 3 is 2.43 bits per heavy atom. The van der Waals surface area contributed by atoms with Crippen LogP contribution in [0.1, 0.15) is 15.9 Å². The first kappa shape index (κ1) is 16.0. The van der Waals surface area contributed by atoms with Gasteiger partial charge in [-0.15, -0.1) is 0 Å². The van der Waals surface area contributed by atoms with Crippen molar-refractivity contribution in [2.75, 3.05) is 5.32 Å². The molecule has 3 N–H and O–H groups in total. The summed E-state index contributed by atoms with van der Waals surface area (Å²) in [4.78, 5) is 23.1. The lowest BCUT2D eigenvalue weighted by molar-refractivity contribution is -0.117. The topological polar surface area (TPSA) is 72.2 Å². The van der Waals surface area contributed by atoms with Crippen LogP contribution in [-0.2, 0) is 11.2 Å². The molecule has 0 aromatic heterocycles. The molecule has 0 aliphatic rings. The lowest BCUT2D eigenvalue weighted by Gasteiger charge is -2.08. The Hall–Kier alpha value is -1.41. The zero-order valence-corrected chi connectivity index (χ0v) is 14.6. The number of carbonyl (C=O) groups excluding carboxylic acids is 2. The Balaban J connectivity index is 2.12. The van der Waals surface area contributed by atoms with Gasteiger partial charge in [0, 0.05) is 13.7 Å². The van der Waals surface area contributed by atoms with Crippen LogP contribution < -0.4 is 11.1 Å². The van der Waals surface area contributed by atoms with Gasteiger partial charge in [-0.2, -0.15) is 0 Å². The van der Waals surface area contributed by atoms with Crippen molar-refractivity contribution in [1.82, 2.24) is 0 Å². The van der Waals surface area contributed by atoms with E-state index < -0.39 is 0 Å². The van der Waals surface area contributed by atoms with Crippen molar-refractivity contribution in [2.24, 2.45) is 5.73 Å². The number of halogens is 2. The van der Waals surface area contributed by atoms with E-state index in [1.165, 1.54) is 0 Å². The fourth-order valence-electron chi connectivity index (χ4n) is 1.78. The van der Waals surface area contributed by atoms with Crippen LogP contribution in [0, 0.1) is 3.57 Å². The van der Waals surface area contributed by atoms with E-state index >= 15 is 0 Å². The fourth-order valence-corrected chi connectivity index (χ4v) is 2.72. The van der Waals surface area contributed by atoms with Gasteiger partial charge in [-0.25, -0.2) is 0 Å². The number of amides is 2. The van der Waals surface area contributed by atoms with Crippen LogP contribution in [0.15, 0.2) is 46.9 Å². The molecule has 2 aromatic rings. The fraction of sp³-hybridized carbons (Fsp3) is 0.0667. The van der Waals surface area contributed by atoms with E-state index in [-0.39, 0.29) is 18.2 Å². The highest BCUT2D eigenvalue weighted by atomic mass is 127. The highest BCUT2D eigenvalue weighted by molar-refractivity contribution is 14.1. The van der Waals surface area contributed by atoms with Crippen molar-refractivity contribution >= 4 is 56.0 Å². The smallest absolute Gasteiger partial charge is 0.256 e. The third-order valence-electron chi connectivity index (χ3n) is 2.76. The molecule has 2 rings (SSSR count). The van der Waals surface area contributed by atoms with Gasteiger partial charge < -0.3 is 11.1 Å². The van der Waals surface area contributed by atoms with Gasteiger partial charge in [0.05, 0.1) is 12.0 Å². The van der Waals surface area contributed by atoms with Gasteiger partial charge in [-0.05, 0) is 58.5 Å². The summed E-state index contributed by atoms with van der Waals surface area (Å²) in [5.74, 6) is -0.557. The van der Waals surface area contributed by atoms with Gasteiger partial charge in [-0.3, -0.25) is 9.59 Å². The normalized spacial score (nSPS) is 10.2. The average Bonchev–Trinajstić information content (AvgIpc) is 2.43. The first-order valence-electron chi connectivity index (χ1n) is 6.09. The molecule has 0 spiro atoms. The highest BCUT2D eigenvalue weighted by Gasteiger charge is 2.11. The second-order valence-electron chi connectivity index (χ2n) is 4.42. The Kier molecular flexibility index (Phi) is 5.35. The van der Waals surface area contributed by atoms with E-state index in [0.717, 1.165) is 13.6 Å². The molecular formula is C15H12BrIN2O2. The summed E-state index contributed by atoms with van der Waals surface area (Å²) >= 11 is 5.48. The van der Waals surface area contributed by atoms with Crippen molar-refractivity contribution < 1.29 is 9.59 Å². The predicted molar refractivity (Wildman–Crippen MR) is 94.2 cm³/mol. The number of carbonyl (C=O) groups is 2. The molecular weight excluding hydrogens is 447 g/mol. The molecule has 0 aliphatic carbocycles. The molecule has 0 aliphatic heterocycles. The predicted octanol–water partition coefficient (Wildman–Crippen LogP) is 3.33. The summed E-state index contributed by atoms with van der Waals surface area (Å²) in [5, 5.41) is 2.83. The van der Waals surface area contributed by atoms with Gasteiger partial charge in [-0.1, -0.05) is 28.1 Å². The Morgan fingerprint density at radius 1 is 1.14 bits per heavy atom. The Labute approximate surface area is 144 Å². The van der Waals surface area contributed by atoms with E-state index in [4.69, 9.17) is 5.73 Å². The van der Waals surface area contributed by atoms with Crippen LogP contribution in [0.3, 0.4) is 0 Å². The number of benzene rings is 2.